The van der Waals surface area contributed by atoms with E-state index in [1.54, 1.807) is 0 Å². The molecule has 7 heteroatoms. The van der Waals surface area contributed by atoms with E-state index in [1.165, 1.54) is 12.1 Å². The second kappa shape index (κ2) is 4.40. The van der Waals surface area contributed by atoms with Crippen LogP contribution in [0.1, 0.15) is 26.5 Å². The largest absolute Gasteiger partial charge is 0.456 e. The van der Waals surface area contributed by atoms with Crippen LogP contribution in [0.4, 0.5) is 22.0 Å². The Balaban J connectivity index is 3.57. The molecule has 1 aromatic heterocycles. The summed E-state index contributed by atoms with van der Waals surface area (Å²) in [6, 6.07) is 3.55. The Morgan fingerprint density at radius 1 is 1.00 bits per heavy atom. The number of aromatic nitrogens is 1. The highest BCUT2D eigenvalue weighted by atomic mass is 19.4. The van der Waals surface area contributed by atoms with Gasteiger partial charge in [0.25, 0.3) is 0 Å². The van der Waals surface area contributed by atoms with Gasteiger partial charge in [-0.05, 0) is 12.1 Å². The topological polar surface area (TPSA) is 33.1 Å². The van der Waals surface area contributed by atoms with Crippen LogP contribution in [0.5, 0.6) is 0 Å². The number of alkyl halides is 5. The first kappa shape index (κ1) is 15.8. The second-order valence-corrected chi connectivity index (χ2v) is 5.25. The number of pyridine rings is 1. The van der Waals surface area contributed by atoms with Gasteiger partial charge in [0.05, 0.1) is 5.69 Å². The van der Waals surface area contributed by atoms with Gasteiger partial charge in [-0.3, -0.25) is 4.98 Å². The molecule has 0 aliphatic rings. The van der Waals surface area contributed by atoms with Crippen molar-refractivity contribution in [2.75, 3.05) is 0 Å². The maximum atomic E-state index is 13.7. The summed E-state index contributed by atoms with van der Waals surface area (Å²) in [5, 5.41) is 10.2. The zero-order chi connectivity index (χ0) is 15.1. The molecule has 1 N–H and O–H groups in total. The van der Waals surface area contributed by atoms with Gasteiger partial charge in [0.1, 0.15) is 0 Å². The lowest BCUT2D eigenvalue weighted by atomic mass is 9.70. The fourth-order valence-corrected chi connectivity index (χ4v) is 1.80. The van der Waals surface area contributed by atoms with Gasteiger partial charge in [-0.2, -0.15) is 22.0 Å². The van der Waals surface area contributed by atoms with E-state index in [-0.39, 0.29) is 0 Å². The Hall–Kier alpha value is -1.24. The van der Waals surface area contributed by atoms with Crippen LogP contribution >= 0.6 is 0 Å². The Morgan fingerprint density at radius 2 is 1.53 bits per heavy atom. The van der Waals surface area contributed by atoms with Crippen molar-refractivity contribution in [2.45, 2.75) is 38.5 Å². The zero-order valence-corrected chi connectivity index (χ0v) is 10.6. The summed E-state index contributed by atoms with van der Waals surface area (Å²) in [6.07, 6.45) is -4.83. The minimum Gasteiger partial charge on any atom is -0.377 e. The number of hydrogen-bond donors (Lipinski definition) is 1. The third-order valence-electron chi connectivity index (χ3n) is 2.93. The lowest BCUT2D eigenvalue weighted by Crippen LogP contribution is -2.61. The van der Waals surface area contributed by atoms with Crippen molar-refractivity contribution in [1.29, 1.82) is 0 Å². The molecule has 0 bridgehead atoms. The lowest BCUT2D eigenvalue weighted by Gasteiger charge is -2.45. The SMILES string of the molecule is CC(C)(C)C(O)(c1ccccn1)C(F)(F)C(F)(F)F. The van der Waals surface area contributed by atoms with Crippen molar-refractivity contribution >= 4 is 0 Å². The molecule has 0 fully saturated rings. The minimum atomic E-state index is -5.88. The average Bonchev–Trinajstić information content (AvgIpc) is 2.25. The first-order valence-corrected chi connectivity index (χ1v) is 5.44. The van der Waals surface area contributed by atoms with Crippen LogP contribution in [0.25, 0.3) is 0 Å². The van der Waals surface area contributed by atoms with E-state index < -0.39 is 28.8 Å². The van der Waals surface area contributed by atoms with Crippen molar-refractivity contribution in [3.05, 3.63) is 30.1 Å². The standard InChI is InChI=1S/C12H14F5NO/c1-9(2,3)10(19,8-6-4-5-7-18-8)11(13,14)12(15,16)17/h4-7,19H,1-3H3. The van der Waals surface area contributed by atoms with E-state index in [1.807, 2.05) is 0 Å². The number of nitrogens with zero attached hydrogens (tertiary/aromatic N) is 1. The predicted molar refractivity (Wildman–Crippen MR) is 58.6 cm³/mol. The van der Waals surface area contributed by atoms with E-state index in [2.05, 4.69) is 4.98 Å². The van der Waals surface area contributed by atoms with Gasteiger partial charge in [-0.15, -0.1) is 0 Å². The second-order valence-electron chi connectivity index (χ2n) is 5.25. The molecule has 1 rings (SSSR count). The van der Waals surface area contributed by atoms with Crippen LogP contribution in [0.3, 0.4) is 0 Å². The highest BCUT2D eigenvalue weighted by Crippen LogP contribution is 2.55. The van der Waals surface area contributed by atoms with Crippen molar-refractivity contribution in [3.63, 3.8) is 0 Å². The fraction of sp³-hybridized carbons (Fsp3) is 0.583. The smallest absolute Gasteiger partial charge is 0.377 e. The number of halogens is 5. The molecule has 0 aromatic carbocycles. The predicted octanol–water partition coefficient (Wildman–Crippen LogP) is 3.51. The van der Waals surface area contributed by atoms with Crippen molar-refractivity contribution in [1.82, 2.24) is 4.98 Å². The zero-order valence-electron chi connectivity index (χ0n) is 10.6. The molecule has 108 valence electrons. The molecule has 0 spiro atoms. The molecule has 0 saturated carbocycles. The third-order valence-corrected chi connectivity index (χ3v) is 2.93. The molecule has 1 unspecified atom stereocenters. The molecule has 1 atom stereocenters. The maximum absolute atomic E-state index is 13.7. The number of aliphatic hydroxyl groups is 1. The van der Waals surface area contributed by atoms with Crippen molar-refractivity contribution < 1.29 is 27.1 Å². The Bertz CT molecular complexity index is 438. The van der Waals surface area contributed by atoms with Gasteiger partial charge in [-0.1, -0.05) is 26.8 Å². The minimum absolute atomic E-state index is 0.718. The van der Waals surface area contributed by atoms with Crippen molar-refractivity contribution in [3.8, 4) is 0 Å². The summed E-state index contributed by atoms with van der Waals surface area (Å²) < 4.78 is 65.3. The molecule has 19 heavy (non-hydrogen) atoms. The van der Waals surface area contributed by atoms with Crippen molar-refractivity contribution in [2.24, 2.45) is 5.41 Å². The van der Waals surface area contributed by atoms with E-state index >= 15 is 0 Å². The number of hydrogen-bond acceptors (Lipinski definition) is 2. The lowest BCUT2D eigenvalue weighted by molar-refractivity contribution is -0.366. The quantitative estimate of drug-likeness (QED) is 0.842. The molecular formula is C12H14F5NO. The summed E-state index contributed by atoms with van der Waals surface area (Å²) >= 11 is 0. The maximum Gasteiger partial charge on any atom is 0.456 e. The van der Waals surface area contributed by atoms with Gasteiger partial charge in [0, 0.05) is 11.6 Å². The molecule has 2 nitrogen and oxygen atoms in total. The summed E-state index contributed by atoms with van der Waals surface area (Å²) in [5.74, 6) is -5.33. The fourth-order valence-electron chi connectivity index (χ4n) is 1.80. The average molecular weight is 283 g/mol. The molecule has 1 aromatic rings. The van der Waals surface area contributed by atoms with Crippen LogP contribution in [0.2, 0.25) is 0 Å². The van der Waals surface area contributed by atoms with Crippen LogP contribution in [-0.4, -0.2) is 22.2 Å². The first-order chi connectivity index (χ1) is 8.36. The highest BCUT2D eigenvalue weighted by molar-refractivity contribution is 5.22. The van der Waals surface area contributed by atoms with E-state index in [0.717, 1.165) is 33.0 Å². The summed E-state index contributed by atoms with van der Waals surface area (Å²) in [4.78, 5) is 3.47. The van der Waals surface area contributed by atoms with Crippen LogP contribution < -0.4 is 0 Å². The highest BCUT2D eigenvalue weighted by Gasteiger charge is 2.74. The van der Waals surface area contributed by atoms with Gasteiger partial charge < -0.3 is 5.11 Å². The summed E-state index contributed by atoms with van der Waals surface area (Å²) in [7, 11) is 0. The van der Waals surface area contributed by atoms with Gasteiger partial charge in [-0.25, -0.2) is 0 Å². The summed E-state index contributed by atoms with van der Waals surface area (Å²) in [5.41, 5.74) is -5.95. The van der Waals surface area contributed by atoms with Crippen LogP contribution in [0.15, 0.2) is 24.4 Å². The Labute approximate surface area is 107 Å². The van der Waals surface area contributed by atoms with E-state index in [9.17, 15) is 27.1 Å². The molecule has 0 aliphatic carbocycles. The monoisotopic (exact) mass is 283 g/mol. The third kappa shape index (κ3) is 2.31. The van der Waals surface area contributed by atoms with Gasteiger partial charge in [0.2, 0.25) is 0 Å². The Morgan fingerprint density at radius 3 is 1.84 bits per heavy atom. The molecule has 1 heterocycles. The van der Waals surface area contributed by atoms with E-state index in [4.69, 9.17) is 0 Å². The van der Waals surface area contributed by atoms with Crippen LogP contribution in [0, 0.1) is 5.41 Å². The van der Waals surface area contributed by atoms with Gasteiger partial charge >= 0.3 is 12.1 Å². The van der Waals surface area contributed by atoms with Gasteiger partial charge in [0.15, 0.2) is 5.60 Å². The summed E-state index contributed by atoms with van der Waals surface area (Å²) in [6.45, 7) is 3.30. The molecule has 0 saturated heterocycles. The first-order valence-electron chi connectivity index (χ1n) is 5.44. The molecular weight excluding hydrogens is 269 g/mol. The normalized spacial score (nSPS) is 17.1. The molecule has 0 amide bonds. The molecule has 0 aliphatic heterocycles. The number of rotatable bonds is 2. The molecule has 0 radical (unpaired) electrons. The Kier molecular flexibility index (Phi) is 3.66. The van der Waals surface area contributed by atoms with E-state index in [0.29, 0.717) is 0 Å². The van der Waals surface area contributed by atoms with Crippen LogP contribution in [-0.2, 0) is 5.60 Å².